The fourth-order valence-electron chi connectivity index (χ4n) is 1.44. The van der Waals surface area contributed by atoms with E-state index in [-0.39, 0.29) is 6.10 Å². The van der Waals surface area contributed by atoms with Crippen LogP contribution in [-0.2, 0) is 0 Å². The summed E-state index contributed by atoms with van der Waals surface area (Å²) in [6, 6.07) is 3.39. The van der Waals surface area contributed by atoms with Gasteiger partial charge in [0.1, 0.15) is 11.9 Å². The van der Waals surface area contributed by atoms with Crippen molar-refractivity contribution in [3.63, 3.8) is 0 Å². The van der Waals surface area contributed by atoms with Crippen molar-refractivity contribution in [2.45, 2.75) is 26.1 Å². The Morgan fingerprint density at radius 2 is 1.44 bits per heavy atom. The van der Waals surface area contributed by atoms with E-state index < -0.39 is 6.10 Å². The molecule has 0 aromatic heterocycles. The van der Waals surface area contributed by atoms with E-state index in [2.05, 4.69) is 0 Å². The number of hydrogen-bond acceptors (Lipinski definition) is 5. The summed E-state index contributed by atoms with van der Waals surface area (Å²) < 4.78 is 21.2. The first-order valence-corrected chi connectivity index (χ1v) is 5.68. The van der Waals surface area contributed by atoms with Crippen molar-refractivity contribution in [2.24, 2.45) is 0 Å². The van der Waals surface area contributed by atoms with E-state index >= 15 is 0 Å². The average molecular weight is 256 g/mol. The molecule has 0 aliphatic rings. The van der Waals surface area contributed by atoms with Crippen molar-refractivity contribution in [1.29, 1.82) is 0 Å². The first-order valence-electron chi connectivity index (χ1n) is 5.68. The molecule has 1 N–H and O–H groups in total. The first-order chi connectivity index (χ1) is 8.53. The lowest BCUT2D eigenvalue weighted by Gasteiger charge is -2.19. The van der Waals surface area contributed by atoms with Crippen molar-refractivity contribution in [3.05, 3.63) is 12.1 Å². The molecular weight excluding hydrogens is 236 g/mol. The van der Waals surface area contributed by atoms with Crippen LogP contribution in [0, 0.1) is 0 Å². The highest BCUT2D eigenvalue weighted by Crippen LogP contribution is 2.41. The summed E-state index contributed by atoms with van der Waals surface area (Å²) in [5.74, 6) is 2.10. The Labute approximate surface area is 107 Å². The van der Waals surface area contributed by atoms with E-state index in [1.807, 2.05) is 0 Å². The maximum absolute atomic E-state index is 9.42. The second-order valence-corrected chi connectivity index (χ2v) is 3.92. The zero-order valence-electron chi connectivity index (χ0n) is 11.4. The molecule has 0 aliphatic carbocycles. The molecule has 5 heteroatoms. The Morgan fingerprint density at radius 1 is 0.944 bits per heavy atom. The lowest BCUT2D eigenvalue weighted by Crippen LogP contribution is -2.25. The molecule has 0 saturated heterocycles. The lowest BCUT2D eigenvalue weighted by molar-refractivity contribution is 0.0601. The van der Waals surface area contributed by atoms with E-state index in [1.165, 1.54) is 0 Å². The predicted molar refractivity (Wildman–Crippen MR) is 67.9 cm³/mol. The molecule has 102 valence electrons. The SMILES string of the molecule is COc1cc(OC(C)[C@H](C)O)cc(OC)c1OC. The average Bonchev–Trinajstić information content (AvgIpc) is 2.37. The van der Waals surface area contributed by atoms with Crippen molar-refractivity contribution >= 4 is 0 Å². The molecule has 1 aromatic rings. The zero-order chi connectivity index (χ0) is 13.7. The molecule has 18 heavy (non-hydrogen) atoms. The standard InChI is InChI=1S/C13H20O5/c1-8(14)9(2)18-10-6-11(15-3)13(17-5)12(7-10)16-4/h6-9,14H,1-5H3/t8-,9?/m0/s1. The number of hydrogen-bond donors (Lipinski definition) is 1. The molecule has 0 bridgehead atoms. The van der Waals surface area contributed by atoms with Gasteiger partial charge in [-0.2, -0.15) is 0 Å². The molecule has 0 fully saturated rings. The van der Waals surface area contributed by atoms with E-state index in [9.17, 15) is 5.11 Å². The van der Waals surface area contributed by atoms with Gasteiger partial charge in [-0.1, -0.05) is 0 Å². The fourth-order valence-corrected chi connectivity index (χ4v) is 1.44. The minimum atomic E-state index is -0.566. The normalized spacial score (nSPS) is 13.7. The van der Waals surface area contributed by atoms with Crippen LogP contribution in [0.25, 0.3) is 0 Å². The number of ether oxygens (including phenoxy) is 4. The van der Waals surface area contributed by atoms with Crippen LogP contribution in [0.4, 0.5) is 0 Å². The van der Waals surface area contributed by atoms with Gasteiger partial charge in [0.2, 0.25) is 5.75 Å². The molecule has 1 unspecified atom stereocenters. The Hall–Kier alpha value is -1.62. The summed E-state index contributed by atoms with van der Waals surface area (Å²) in [7, 11) is 4.62. The van der Waals surface area contributed by atoms with Gasteiger partial charge < -0.3 is 24.1 Å². The molecule has 0 saturated carbocycles. The van der Waals surface area contributed by atoms with E-state index in [0.29, 0.717) is 23.0 Å². The smallest absolute Gasteiger partial charge is 0.203 e. The summed E-state index contributed by atoms with van der Waals surface area (Å²) in [6.07, 6.45) is -0.892. The van der Waals surface area contributed by atoms with Gasteiger partial charge in [0.15, 0.2) is 11.5 Å². The molecule has 0 aliphatic heterocycles. The maximum Gasteiger partial charge on any atom is 0.203 e. The largest absolute Gasteiger partial charge is 0.493 e. The Morgan fingerprint density at radius 3 is 1.78 bits per heavy atom. The first kappa shape index (κ1) is 14.4. The van der Waals surface area contributed by atoms with E-state index in [0.717, 1.165) is 0 Å². The zero-order valence-corrected chi connectivity index (χ0v) is 11.4. The Balaban J connectivity index is 3.07. The minimum absolute atomic E-state index is 0.326. The molecule has 5 nitrogen and oxygen atoms in total. The van der Waals surface area contributed by atoms with Gasteiger partial charge in [-0.15, -0.1) is 0 Å². The molecule has 0 spiro atoms. The van der Waals surface area contributed by atoms with Crippen molar-refractivity contribution in [2.75, 3.05) is 21.3 Å². The van der Waals surface area contributed by atoms with Crippen molar-refractivity contribution in [3.8, 4) is 23.0 Å². The second-order valence-electron chi connectivity index (χ2n) is 3.92. The third kappa shape index (κ3) is 3.20. The highest BCUT2D eigenvalue weighted by atomic mass is 16.5. The molecule has 0 radical (unpaired) electrons. The molecule has 0 heterocycles. The van der Waals surface area contributed by atoms with Gasteiger partial charge in [-0.25, -0.2) is 0 Å². The van der Waals surface area contributed by atoms with Gasteiger partial charge >= 0.3 is 0 Å². The number of benzene rings is 1. The monoisotopic (exact) mass is 256 g/mol. The van der Waals surface area contributed by atoms with Gasteiger partial charge in [0, 0.05) is 12.1 Å². The van der Waals surface area contributed by atoms with Crippen LogP contribution in [0.15, 0.2) is 12.1 Å². The fraction of sp³-hybridized carbons (Fsp3) is 0.538. The third-order valence-electron chi connectivity index (χ3n) is 2.64. The predicted octanol–water partition coefficient (Wildman–Crippen LogP) is 1.86. The highest BCUT2D eigenvalue weighted by Gasteiger charge is 2.16. The molecular formula is C13H20O5. The van der Waals surface area contributed by atoms with Crippen LogP contribution in [0.2, 0.25) is 0 Å². The molecule has 2 atom stereocenters. The summed E-state index contributed by atoms with van der Waals surface area (Å²) in [6.45, 7) is 3.45. The summed E-state index contributed by atoms with van der Waals surface area (Å²) in [5, 5.41) is 9.42. The van der Waals surface area contributed by atoms with Crippen LogP contribution in [-0.4, -0.2) is 38.6 Å². The lowest BCUT2D eigenvalue weighted by atomic mass is 10.2. The van der Waals surface area contributed by atoms with Crippen molar-refractivity contribution in [1.82, 2.24) is 0 Å². The summed E-state index contributed by atoms with van der Waals surface area (Å²) in [5.41, 5.74) is 0. The van der Waals surface area contributed by atoms with Crippen LogP contribution < -0.4 is 18.9 Å². The summed E-state index contributed by atoms with van der Waals surface area (Å²) >= 11 is 0. The maximum atomic E-state index is 9.42. The number of aliphatic hydroxyl groups is 1. The van der Waals surface area contributed by atoms with Gasteiger partial charge in [0.25, 0.3) is 0 Å². The molecule has 0 amide bonds. The van der Waals surface area contributed by atoms with Crippen LogP contribution in [0.1, 0.15) is 13.8 Å². The summed E-state index contributed by atoms with van der Waals surface area (Å²) in [4.78, 5) is 0. The Bertz CT molecular complexity index is 364. The second kappa shape index (κ2) is 6.35. The third-order valence-corrected chi connectivity index (χ3v) is 2.64. The molecule has 1 aromatic carbocycles. The Kier molecular flexibility index (Phi) is 5.09. The van der Waals surface area contributed by atoms with E-state index in [1.54, 1.807) is 47.3 Å². The highest BCUT2D eigenvalue weighted by molar-refractivity contribution is 5.55. The van der Waals surface area contributed by atoms with Crippen LogP contribution in [0.3, 0.4) is 0 Å². The number of rotatable bonds is 6. The van der Waals surface area contributed by atoms with Gasteiger partial charge in [-0.05, 0) is 13.8 Å². The van der Waals surface area contributed by atoms with Gasteiger partial charge in [-0.3, -0.25) is 0 Å². The molecule has 1 rings (SSSR count). The quantitative estimate of drug-likeness (QED) is 0.842. The van der Waals surface area contributed by atoms with Gasteiger partial charge in [0.05, 0.1) is 27.4 Å². The number of methoxy groups -OCH3 is 3. The number of aliphatic hydroxyl groups excluding tert-OH is 1. The van der Waals surface area contributed by atoms with E-state index in [4.69, 9.17) is 18.9 Å². The van der Waals surface area contributed by atoms with Crippen LogP contribution in [0.5, 0.6) is 23.0 Å². The van der Waals surface area contributed by atoms with Crippen LogP contribution >= 0.6 is 0 Å². The van der Waals surface area contributed by atoms with Crippen molar-refractivity contribution < 1.29 is 24.1 Å². The topological polar surface area (TPSA) is 57.2 Å². The minimum Gasteiger partial charge on any atom is -0.493 e.